The lowest BCUT2D eigenvalue weighted by Crippen LogP contribution is -2.32. The van der Waals surface area contributed by atoms with Gasteiger partial charge in [0.15, 0.2) is 5.65 Å². The summed E-state index contributed by atoms with van der Waals surface area (Å²) in [5.41, 5.74) is 0.624. The Morgan fingerprint density at radius 2 is 1.91 bits per heavy atom. The number of aryl methyl sites for hydroxylation is 2. The maximum absolute atomic E-state index is 13.0. The first-order chi connectivity index (χ1) is 15.4. The quantitative estimate of drug-likeness (QED) is 0.601. The fourth-order valence-electron chi connectivity index (χ4n) is 3.84. The maximum atomic E-state index is 13.0. The summed E-state index contributed by atoms with van der Waals surface area (Å²) < 4.78 is 30.4. The topological polar surface area (TPSA) is 119 Å². The molecule has 0 unspecified atom stereocenters. The zero-order valence-corrected chi connectivity index (χ0v) is 18.7. The molecule has 170 valence electrons. The van der Waals surface area contributed by atoms with Gasteiger partial charge >= 0.3 is 0 Å². The summed E-state index contributed by atoms with van der Waals surface area (Å²) in [6.45, 7) is 1.18. The Hall–Kier alpha value is -3.05. The van der Waals surface area contributed by atoms with Crippen LogP contribution in [0.15, 0.2) is 46.5 Å². The predicted octanol–water partition coefficient (Wildman–Crippen LogP) is 1.72. The molecule has 1 fully saturated rings. The van der Waals surface area contributed by atoms with Crippen molar-refractivity contribution in [2.45, 2.75) is 43.5 Å². The van der Waals surface area contributed by atoms with Crippen LogP contribution >= 0.6 is 0 Å². The number of benzene rings is 1. The number of carbonyl (C=O) groups is 1. The number of fused-ring (bicyclic) bond motifs is 1. The molecule has 0 atom stereocenters. The maximum Gasteiger partial charge on any atom is 0.264 e. The van der Waals surface area contributed by atoms with Crippen molar-refractivity contribution in [2.75, 3.05) is 18.4 Å². The molecule has 1 saturated heterocycles. The van der Waals surface area contributed by atoms with Crippen LogP contribution in [0.1, 0.15) is 32.1 Å². The number of aromatic nitrogens is 4. The van der Waals surface area contributed by atoms with Crippen molar-refractivity contribution in [3.05, 3.63) is 47.1 Å². The number of hydrogen-bond donors (Lipinski definition) is 1. The molecular formula is C21H26N6O4S. The van der Waals surface area contributed by atoms with E-state index in [2.05, 4.69) is 15.4 Å². The number of nitrogens with zero attached hydrogens (tertiary/aromatic N) is 5. The minimum atomic E-state index is -3.60. The summed E-state index contributed by atoms with van der Waals surface area (Å²) in [5.74, 6) is -0.326. The monoisotopic (exact) mass is 458 g/mol. The third-order valence-electron chi connectivity index (χ3n) is 5.62. The van der Waals surface area contributed by atoms with Crippen molar-refractivity contribution in [3.8, 4) is 0 Å². The molecule has 11 heteroatoms. The standard InChI is InChI=1S/C21H26N6O4S/c1-25-20-18(14-23-25)21(29)26(15-22-20)12-9-19(28)24-16-7-6-8-17(13-16)32(30,31)27-10-4-2-3-5-11-27/h6-8,13-15H,2-5,9-12H2,1H3,(H,24,28). The summed E-state index contributed by atoms with van der Waals surface area (Å²) in [7, 11) is -1.90. The Morgan fingerprint density at radius 1 is 1.16 bits per heavy atom. The van der Waals surface area contributed by atoms with Crippen LogP contribution in [0.4, 0.5) is 5.69 Å². The molecule has 0 saturated carbocycles. The van der Waals surface area contributed by atoms with Gasteiger partial charge in [0.05, 0.1) is 17.4 Å². The van der Waals surface area contributed by atoms with Crippen LogP contribution in [0.25, 0.3) is 11.0 Å². The molecule has 1 amide bonds. The molecule has 0 spiro atoms. The molecule has 32 heavy (non-hydrogen) atoms. The number of nitrogens with one attached hydrogen (secondary N) is 1. The molecule has 1 N–H and O–H groups in total. The van der Waals surface area contributed by atoms with Gasteiger partial charge in [-0.1, -0.05) is 18.9 Å². The van der Waals surface area contributed by atoms with Crippen LogP contribution in [-0.4, -0.2) is 51.1 Å². The van der Waals surface area contributed by atoms with E-state index in [4.69, 9.17) is 0 Å². The Morgan fingerprint density at radius 3 is 2.66 bits per heavy atom. The van der Waals surface area contributed by atoms with E-state index >= 15 is 0 Å². The normalized spacial score (nSPS) is 15.5. The van der Waals surface area contributed by atoms with Gasteiger partial charge in [0.1, 0.15) is 5.39 Å². The second kappa shape index (κ2) is 9.21. The first-order valence-corrected chi connectivity index (χ1v) is 12.1. The lowest BCUT2D eigenvalue weighted by atomic mass is 10.2. The van der Waals surface area contributed by atoms with E-state index in [0.29, 0.717) is 29.8 Å². The van der Waals surface area contributed by atoms with E-state index in [-0.39, 0.29) is 29.3 Å². The molecule has 4 rings (SSSR count). The molecule has 1 aliphatic heterocycles. The van der Waals surface area contributed by atoms with Crippen molar-refractivity contribution in [2.24, 2.45) is 7.05 Å². The van der Waals surface area contributed by atoms with Gasteiger partial charge in [-0.05, 0) is 31.0 Å². The highest BCUT2D eigenvalue weighted by Gasteiger charge is 2.25. The zero-order chi connectivity index (χ0) is 22.7. The second-order valence-electron chi connectivity index (χ2n) is 7.89. The third-order valence-corrected chi connectivity index (χ3v) is 7.51. The van der Waals surface area contributed by atoms with E-state index in [1.165, 1.54) is 32.1 Å². The van der Waals surface area contributed by atoms with E-state index < -0.39 is 10.0 Å². The highest BCUT2D eigenvalue weighted by Crippen LogP contribution is 2.22. The number of rotatable bonds is 6. The van der Waals surface area contributed by atoms with Crippen LogP contribution in [0.2, 0.25) is 0 Å². The lowest BCUT2D eigenvalue weighted by molar-refractivity contribution is -0.116. The highest BCUT2D eigenvalue weighted by molar-refractivity contribution is 7.89. The molecular weight excluding hydrogens is 432 g/mol. The van der Waals surface area contributed by atoms with Crippen molar-refractivity contribution in [1.29, 1.82) is 0 Å². The van der Waals surface area contributed by atoms with E-state index in [1.54, 1.807) is 25.2 Å². The molecule has 0 aliphatic carbocycles. The average Bonchev–Trinajstić information content (AvgIpc) is 2.98. The molecule has 0 bridgehead atoms. The SMILES string of the molecule is Cn1ncc2c(=O)n(CCC(=O)Nc3cccc(S(=O)(=O)N4CCCCCC4)c3)cnc21. The summed E-state index contributed by atoms with van der Waals surface area (Å²) >= 11 is 0. The minimum absolute atomic E-state index is 0.0382. The van der Waals surface area contributed by atoms with E-state index in [0.717, 1.165) is 25.7 Å². The van der Waals surface area contributed by atoms with Crippen LogP contribution in [0.5, 0.6) is 0 Å². The van der Waals surface area contributed by atoms with Gasteiger partial charge in [0.25, 0.3) is 5.56 Å². The molecule has 3 aromatic rings. The van der Waals surface area contributed by atoms with Crippen LogP contribution in [0, 0.1) is 0 Å². The first kappa shape index (κ1) is 22.2. The summed E-state index contributed by atoms with van der Waals surface area (Å²) in [4.78, 5) is 29.3. The molecule has 1 aliphatic rings. The molecule has 3 heterocycles. The minimum Gasteiger partial charge on any atom is -0.326 e. The number of anilines is 1. The predicted molar refractivity (Wildman–Crippen MR) is 120 cm³/mol. The number of carbonyl (C=O) groups excluding carboxylic acids is 1. The second-order valence-corrected chi connectivity index (χ2v) is 9.83. The Balaban J connectivity index is 1.43. The van der Waals surface area contributed by atoms with Gasteiger partial charge in [0, 0.05) is 38.8 Å². The first-order valence-electron chi connectivity index (χ1n) is 10.6. The van der Waals surface area contributed by atoms with Crippen LogP contribution < -0.4 is 10.9 Å². The smallest absolute Gasteiger partial charge is 0.264 e. The number of amides is 1. The Bertz CT molecular complexity index is 1290. The van der Waals surface area contributed by atoms with Crippen LogP contribution in [-0.2, 0) is 28.4 Å². The fraction of sp³-hybridized carbons (Fsp3) is 0.429. The summed E-state index contributed by atoms with van der Waals surface area (Å²) in [5, 5.41) is 7.14. The molecule has 1 aromatic carbocycles. The largest absolute Gasteiger partial charge is 0.326 e. The Kier molecular flexibility index (Phi) is 6.38. The molecule has 2 aromatic heterocycles. The third kappa shape index (κ3) is 4.58. The summed E-state index contributed by atoms with van der Waals surface area (Å²) in [6.07, 6.45) is 6.67. The van der Waals surface area contributed by atoms with Crippen LogP contribution in [0.3, 0.4) is 0 Å². The van der Waals surface area contributed by atoms with Gasteiger partial charge in [-0.15, -0.1) is 0 Å². The van der Waals surface area contributed by atoms with Gasteiger partial charge in [-0.3, -0.25) is 18.8 Å². The fourth-order valence-corrected chi connectivity index (χ4v) is 5.40. The van der Waals surface area contributed by atoms with Gasteiger partial charge in [-0.2, -0.15) is 9.40 Å². The van der Waals surface area contributed by atoms with Crippen molar-refractivity contribution < 1.29 is 13.2 Å². The van der Waals surface area contributed by atoms with Crippen molar-refractivity contribution in [3.63, 3.8) is 0 Å². The van der Waals surface area contributed by atoms with Gasteiger partial charge < -0.3 is 5.32 Å². The van der Waals surface area contributed by atoms with E-state index in [9.17, 15) is 18.0 Å². The van der Waals surface area contributed by atoms with Gasteiger partial charge in [-0.25, -0.2) is 13.4 Å². The molecule has 0 radical (unpaired) electrons. The zero-order valence-electron chi connectivity index (χ0n) is 17.9. The molecule has 10 nitrogen and oxygen atoms in total. The number of sulfonamides is 1. The lowest BCUT2D eigenvalue weighted by Gasteiger charge is -2.20. The van der Waals surface area contributed by atoms with Crippen molar-refractivity contribution in [1.82, 2.24) is 23.6 Å². The van der Waals surface area contributed by atoms with Gasteiger partial charge in [0.2, 0.25) is 15.9 Å². The average molecular weight is 459 g/mol. The number of hydrogen-bond acceptors (Lipinski definition) is 6. The van der Waals surface area contributed by atoms with Crippen molar-refractivity contribution >= 4 is 32.7 Å². The highest BCUT2D eigenvalue weighted by atomic mass is 32.2. The Labute approximate surface area is 185 Å². The summed E-state index contributed by atoms with van der Waals surface area (Å²) in [6, 6.07) is 6.29. The van der Waals surface area contributed by atoms with E-state index in [1.807, 2.05) is 0 Å².